The molecule has 3 heteroatoms. The van der Waals surface area contributed by atoms with Gasteiger partial charge in [0.2, 0.25) is 0 Å². The Bertz CT molecular complexity index is 273. The minimum Gasteiger partial charge on any atom is -0.328 e. The van der Waals surface area contributed by atoms with E-state index in [-0.39, 0.29) is 6.04 Å². The first-order valence-electron chi connectivity index (χ1n) is 5.05. The number of hydrogen-bond donors (Lipinski definition) is 1. The first-order valence-corrected chi connectivity index (χ1v) is 5.05. The molecule has 3 nitrogen and oxygen atoms in total. The summed E-state index contributed by atoms with van der Waals surface area (Å²) in [6.07, 6.45) is 6.75. The highest BCUT2D eigenvalue weighted by molar-refractivity contribution is 5.04. The average molecular weight is 179 g/mol. The van der Waals surface area contributed by atoms with Gasteiger partial charge < -0.3 is 5.73 Å². The van der Waals surface area contributed by atoms with Crippen molar-refractivity contribution >= 4 is 0 Å². The largest absolute Gasteiger partial charge is 0.328 e. The molecule has 1 aliphatic carbocycles. The molecule has 0 bridgehead atoms. The summed E-state index contributed by atoms with van der Waals surface area (Å²) in [5.41, 5.74) is 7.06. The maximum atomic E-state index is 5.77. The van der Waals surface area contributed by atoms with Crippen LogP contribution in [0.25, 0.3) is 0 Å². The molecule has 1 unspecified atom stereocenters. The Morgan fingerprint density at radius 1 is 1.69 bits per heavy atom. The third kappa shape index (κ3) is 1.75. The molecule has 0 spiro atoms. The van der Waals surface area contributed by atoms with Gasteiger partial charge in [0.05, 0.1) is 6.04 Å². The van der Waals surface area contributed by atoms with Gasteiger partial charge in [0, 0.05) is 24.4 Å². The Balaban J connectivity index is 2.10. The van der Waals surface area contributed by atoms with Crippen LogP contribution in [0.15, 0.2) is 12.3 Å². The molecule has 0 radical (unpaired) electrons. The Labute approximate surface area is 78.9 Å². The van der Waals surface area contributed by atoms with E-state index < -0.39 is 0 Å². The predicted molar refractivity (Wildman–Crippen MR) is 52.5 cm³/mol. The first-order chi connectivity index (χ1) is 6.27. The van der Waals surface area contributed by atoms with Crippen LogP contribution in [0.2, 0.25) is 0 Å². The lowest BCUT2D eigenvalue weighted by molar-refractivity contribution is 0.281. The van der Waals surface area contributed by atoms with Crippen LogP contribution in [0.5, 0.6) is 0 Å². The summed E-state index contributed by atoms with van der Waals surface area (Å²) in [7, 11) is 0. The van der Waals surface area contributed by atoms with Gasteiger partial charge >= 0.3 is 0 Å². The van der Waals surface area contributed by atoms with Gasteiger partial charge in [0.1, 0.15) is 0 Å². The standard InChI is InChI=1S/C10H17N3/c1-8(11)7-10-5-6-12-13(10)9-3-2-4-9/h5-6,8-9H,2-4,7,11H2,1H3. The van der Waals surface area contributed by atoms with E-state index in [9.17, 15) is 0 Å². The number of nitrogens with two attached hydrogens (primary N) is 1. The summed E-state index contributed by atoms with van der Waals surface area (Å²) < 4.78 is 2.16. The lowest BCUT2D eigenvalue weighted by atomic mass is 9.93. The van der Waals surface area contributed by atoms with E-state index in [1.54, 1.807) is 0 Å². The lowest BCUT2D eigenvalue weighted by Gasteiger charge is -2.27. The maximum Gasteiger partial charge on any atom is 0.0522 e. The molecule has 13 heavy (non-hydrogen) atoms. The van der Waals surface area contributed by atoms with Crippen molar-refractivity contribution < 1.29 is 0 Å². The minimum atomic E-state index is 0.232. The normalized spacial score (nSPS) is 19.8. The van der Waals surface area contributed by atoms with Crippen molar-refractivity contribution in [1.29, 1.82) is 0 Å². The van der Waals surface area contributed by atoms with E-state index in [2.05, 4.69) is 15.8 Å². The predicted octanol–water partition coefficient (Wildman–Crippen LogP) is 1.50. The molecule has 0 saturated heterocycles. The molecular formula is C10H17N3. The zero-order valence-corrected chi connectivity index (χ0v) is 8.11. The van der Waals surface area contributed by atoms with Crippen molar-refractivity contribution in [3.8, 4) is 0 Å². The zero-order valence-electron chi connectivity index (χ0n) is 8.11. The summed E-state index contributed by atoms with van der Waals surface area (Å²) in [5, 5.41) is 4.35. The van der Waals surface area contributed by atoms with Gasteiger partial charge in [-0.2, -0.15) is 5.10 Å². The fourth-order valence-electron chi connectivity index (χ4n) is 1.79. The van der Waals surface area contributed by atoms with Crippen LogP contribution in [0.4, 0.5) is 0 Å². The van der Waals surface area contributed by atoms with Crippen molar-refractivity contribution in [2.45, 2.75) is 44.7 Å². The Morgan fingerprint density at radius 2 is 2.46 bits per heavy atom. The van der Waals surface area contributed by atoms with Gasteiger partial charge in [-0.3, -0.25) is 4.68 Å². The Kier molecular flexibility index (Phi) is 2.36. The molecule has 1 aromatic heterocycles. The molecule has 1 heterocycles. The average Bonchev–Trinajstić information content (AvgIpc) is 2.32. The van der Waals surface area contributed by atoms with Crippen LogP contribution in [0, 0.1) is 0 Å². The maximum absolute atomic E-state index is 5.77. The number of rotatable bonds is 3. The molecule has 1 saturated carbocycles. The molecule has 2 N–H and O–H groups in total. The SMILES string of the molecule is CC(N)Cc1ccnn1C1CCC1. The molecule has 2 rings (SSSR count). The van der Waals surface area contributed by atoms with Crippen molar-refractivity contribution in [3.63, 3.8) is 0 Å². The van der Waals surface area contributed by atoms with Crippen molar-refractivity contribution in [1.82, 2.24) is 9.78 Å². The highest BCUT2D eigenvalue weighted by atomic mass is 15.3. The second kappa shape index (κ2) is 3.50. The van der Waals surface area contributed by atoms with Crippen molar-refractivity contribution in [3.05, 3.63) is 18.0 Å². The number of nitrogens with zero attached hydrogens (tertiary/aromatic N) is 2. The number of aromatic nitrogens is 2. The second-order valence-corrected chi connectivity index (χ2v) is 4.03. The molecule has 0 aliphatic heterocycles. The van der Waals surface area contributed by atoms with E-state index in [0.29, 0.717) is 6.04 Å². The third-order valence-corrected chi connectivity index (χ3v) is 2.70. The fourth-order valence-corrected chi connectivity index (χ4v) is 1.79. The summed E-state index contributed by atoms with van der Waals surface area (Å²) in [6.45, 7) is 2.04. The summed E-state index contributed by atoms with van der Waals surface area (Å²) >= 11 is 0. The Hall–Kier alpha value is -0.830. The zero-order chi connectivity index (χ0) is 9.26. The molecule has 1 aliphatic rings. The lowest BCUT2D eigenvalue weighted by Crippen LogP contribution is -2.24. The topological polar surface area (TPSA) is 43.8 Å². The molecular weight excluding hydrogens is 162 g/mol. The van der Waals surface area contributed by atoms with Gasteiger partial charge in [-0.1, -0.05) is 0 Å². The van der Waals surface area contributed by atoms with Gasteiger partial charge in [0.25, 0.3) is 0 Å². The highest BCUT2D eigenvalue weighted by Crippen LogP contribution is 2.31. The Morgan fingerprint density at radius 3 is 3.00 bits per heavy atom. The molecule has 1 aromatic rings. The first kappa shape index (κ1) is 8.75. The minimum absolute atomic E-state index is 0.232. The molecule has 1 atom stereocenters. The molecule has 0 aromatic carbocycles. The third-order valence-electron chi connectivity index (χ3n) is 2.70. The van der Waals surface area contributed by atoms with Gasteiger partial charge in [-0.25, -0.2) is 0 Å². The fraction of sp³-hybridized carbons (Fsp3) is 0.700. The van der Waals surface area contributed by atoms with Gasteiger partial charge in [0.15, 0.2) is 0 Å². The van der Waals surface area contributed by atoms with Crippen LogP contribution in [-0.2, 0) is 6.42 Å². The summed E-state index contributed by atoms with van der Waals surface area (Å²) in [6, 6.07) is 2.97. The molecule has 0 amide bonds. The quantitative estimate of drug-likeness (QED) is 0.764. The van der Waals surface area contributed by atoms with E-state index in [1.807, 2.05) is 13.1 Å². The van der Waals surface area contributed by atoms with Crippen LogP contribution in [0.1, 0.15) is 37.9 Å². The van der Waals surface area contributed by atoms with Crippen molar-refractivity contribution in [2.75, 3.05) is 0 Å². The van der Waals surface area contributed by atoms with E-state index in [4.69, 9.17) is 5.73 Å². The second-order valence-electron chi connectivity index (χ2n) is 4.03. The van der Waals surface area contributed by atoms with Gasteiger partial charge in [-0.05, 0) is 32.3 Å². The van der Waals surface area contributed by atoms with Crippen LogP contribution < -0.4 is 5.73 Å². The van der Waals surface area contributed by atoms with E-state index >= 15 is 0 Å². The summed E-state index contributed by atoms with van der Waals surface area (Å²) in [4.78, 5) is 0. The van der Waals surface area contributed by atoms with E-state index in [0.717, 1.165) is 6.42 Å². The van der Waals surface area contributed by atoms with Crippen LogP contribution >= 0.6 is 0 Å². The molecule has 72 valence electrons. The van der Waals surface area contributed by atoms with Crippen LogP contribution in [0.3, 0.4) is 0 Å². The summed E-state index contributed by atoms with van der Waals surface area (Å²) in [5.74, 6) is 0. The van der Waals surface area contributed by atoms with Gasteiger partial charge in [-0.15, -0.1) is 0 Å². The smallest absolute Gasteiger partial charge is 0.0522 e. The van der Waals surface area contributed by atoms with Crippen LogP contribution in [-0.4, -0.2) is 15.8 Å². The highest BCUT2D eigenvalue weighted by Gasteiger charge is 2.21. The monoisotopic (exact) mass is 179 g/mol. The molecule has 1 fully saturated rings. The van der Waals surface area contributed by atoms with E-state index in [1.165, 1.54) is 25.0 Å². The number of hydrogen-bond acceptors (Lipinski definition) is 2. The van der Waals surface area contributed by atoms with Crippen molar-refractivity contribution in [2.24, 2.45) is 5.73 Å².